The van der Waals surface area contributed by atoms with Gasteiger partial charge >= 0.3 is 0 Å². The lowest BCUT2D eigenvalue weighted by atomic mass is 9.86. The van der Waals surface area contributed by atoms with E-state index in [2.05, 4.69) is 50.7 Å². The molecule has 0 aromatic rings. The third-order valence-corrected chi connectivity index (χ3v) is 1.67. The van der Waals surface area contributed by atoms with Gasteiger partial charge in [-0.3, -0.25) is 0 Å². The predicted molar refractivity (Wildman–Crippen MR) is 54.5 cm³/mol. The maximum atomic E-state index is 2.91. The Labute approximate surface area is 75.7 Å². The summed E-state index contributed by atoms with van der Waals surface area (Å²) < 4.78 is 0. The molecule has 2 heteroatoms. The van der Waals surface area contributed by atoms with Crippen LogP contribution in [0.4, 0.5) is 0 Å². The van der Waals surface area contributed by atoms with E-state index in [1.54, 1.807) is 0 Å². The second kappa shape index (κ2) is 4.99. The normalized spacial score (nSPS) is 13.9. The fraction of sp³-hybridized carbons (Fsp3) is 0.600. The van der Waals surface area contributed by atoms with Gasteiger partial charge in [-0.1, -0.05) is 26.8 Å². The van der Waals surface area contributed by atoms with Crippen LogP contribution in [0.2, 0.25) is 0 Å². The second-order valence-electron chi connectivity index (χ2n) is 3.72. The maximum absolute atomic E-state index is 2.91. The van der Waals surface area contributed by atoms with Crippen molar-refractivity contribution in [2.75, 3.05) is 7.05 Å². The number of hydrogen-bond acceptors (Lipinski definition) is 2. The zero-order valence-electron chi connectivity index (χ0n) is 8.73. The highest BCUT2D eigenvalue weighted by atomic mass is 15.3. The molecule has 0 aromatic heterocycles. The monoisotopic (exact) mass is 168 g/mol. The van der Waals surface area contributed by atoms with E-state index in [0.717, 1.165) is 0 Å². The summed E-state index contributed by atoms with van der Waals surface area (Å²) in [6.07, 6.45) is 6.12. The van der Waals surface area contributed by atoms with Gasteiger partial charge in [0.2, 0.25) is 0 Å². The first-order valence-electron chi connectivity index (χ1n) is 4.28. The van der Waals surface area contributed by atoms with Crippen LogP contribution in [-0.2, 0) is 0 Å². The molecule has 0 aliphatic carbocycles. The van der Waals surface area contributed by atoms with Crippen LogP contribution < -0.4 is 10.9 Å². The fourth-order valence-corrected chi connectivity index (χ4v) is 0.994. The molecule has 0 bridgehead atoms. The first-order valence-corrected chi connectivity index (χ1v) is 4.28. The Morgan fingerprint density at radius 2 is 1.83 bits per heavy atom. The molecule has 0 radical (unpaired) electrons. The molecule has 0 amide bonds. The molecule has 0 aliphatic rings. The molecule has 0 heterocycles. The van der Waals surface area contributed by atoms with E-state index >= 15 is 0 Å². The molecule has 0 saturated heterocycles. The van der Waals surface area contributed by atoms with E-state index in [1.165, 1.54) is 5.57 Å². The first kappa shape index (κ1) is 11.2. The van der Waals surface area contributed by atoms with Crippen LogP contribution in [0.1, 0.15) is 27.7 Å². The molecule has 0 atom stereocenters. The molecule has 0 fully saturated rings. The number of nitrogens with one attached hydrogen (secondary N) is 2. The SMILES string of the molecule is C/C=C(\C=C\NNC)C(C)(C)C. The van der Waals surface area contributed by atoms with Gasteiger partial charge in [0.25, 0.3) is 0 Å². The van der Waals surface area contributed by atoms with Crippen LogP contribution in [0.25, 0.3) is 0 Å². The Kier molecular flexibility index (Phi) is 4.67. The molecular formula is C10H20N2. The summed E-state index contributed by atoms with van der Waals surface area (Å²) in [5.74, 6) is 0. The Morgan fingerprint density at radius 1 is 1.25 bits per heavy atom. The number of hydrazine groups is 1. The quantitative estimate of drug-likeness (QED) is 0.499. The molecule has 2 nitrogen and oxygen atoms in total. The van der Waals surface area contributed by atoms with Gasteiger partial charge in [-0.25, -0.2) is 5.43 Å². The molecule has 2 N–H and O–H groups in total. The Balaban J connectivity index is 4.21. The van der Waals surface area contributed by atoms with Gasteiger partial charge in [0, 0.05) is 13.2 Å². The van der Waals surface area contributed by atoms with Crippen molar-refractivity contribution in [2.45, 2.75) is 27.7 Å². The van der Waals surface area contributed by atoms with Crippen molar-refractivity contribution in [1.82, 2.24) is 10.9 Å². The average Bonchev–Trinajstić information content (AvgIpc) is 1.95. The van der Waals surface area contributed by atoms with E-state index in [1.807, 2.05) is 13.2 Å². The van der Waals surface area contributed by atoms with E-state index in [9.17, 15) is 0 Å². The van der Waals surface area contributed by atoms with Crippen molar-refractivity contribution < 1.29 is 0 Å². The highest BCUT2D eigenvalue weighted by molar-refractivity contribution is 5.23. The Morgan fingerprint density at radius 3 is 2.17 bits per heavy atom. The molecule has 70 valence electrons. The molecule has 0 rings (SSSR count). The summed E-state index contributed by atoms with van der Waals surface area (Å²) in [6, 6.07) is 0. The van der Waals surface area contributed by atoms with Crippen LogP contribution in [0.15, 0.2) is 23.9 Å². The summed E-state index contributed by atoms with van der Waals surface area (Å²) in [5, 5.41) is 0. The van der Waals surface area contributed by atoms with Crippen LogP contribution in [0, 0.1) is 5.41 Å². The van der Waals surface area contributed by atoms with E-state index < -0.39 is 0 Å². The van der Waals surface area contributed by atoms with Gasteiger partial charge in [0.15, 0.2) is 0 Å². The van der Waals surface area contributed by atoms with Gasteiger partial charge in [-0.05, 0) is 24.0 Å². The van der Waals surface area contributed by atoms with E-state index in [0.29, 0.717) is 0 Å². The van der Waals surface area contributed by atoms with Gasteiger partial charge in [-0.15, -0.1) is 0 Å². The lowest BCUT2D eigenvalue weighted by Crippen LogP contribution is -2.21. The van der Waals surface area contributed by atoms with Crippen molar-refractivity contribution in [3.8, 4) is 0 Å². The summed E-state index contributed by atoms with van der Waals surface area (Å²) in [4.78, 5) is 0. The topological polar surface area (TPSA) is 24.1 Å². The largest absolute Gasteiger partial charge is 0.329 e. The summed E-state index contributed by atoms with van der Waals surface area (Å²) >= 11 is 0. The minimum absolute atomic E-state index is 0.223. The van der Waals surface area contributed by atoms with Crippen LogP contribution in [0.3, 0.4) is 0 Å². The van der Waals surface area contributed by atoms with E-state index in [4.69, 9.17) is 0 Å². The van der Waals surface area contributed by atoms with Crippen molar-refractivity contribution in [3.05, 3.63) is 23.9 Å². The van der Waals surface area contributed by atoms with Gasteiger partial charge in [0.1, 0.15) is 0 Å². The highest BCUT2D eigenvalue weighted by Gasteiger charge is 2.12. The maximum Gasteiger partial charge on any atom is 0.0128 e. The van der Waals surface area contributed by atoms with Crippen LogP contribution in [-0.4, -0.2) is 7.05 Å². The first-order chi connectivity index (χ1) is 5.52. The molecule has 0 aliphatic heterocycles. The zero-order chi connectivity index (χ0) is 9.61. The fourth-order valence-electron chi connectivity index (χ4n) is 0.994. The molecule has 0 unspecified atom stereocenters. The van der Waals surface area contributed by atoms with Crippen LogP contribution >= 0.6 is 0 Å². The number of allylic oxidation sites excluding steroid dienone is 3. The average molecular weight is 168 g/mol. The van der Waals surface area contributed by atoms with Crippen molar-refractivity contribution in [3.63, 3.8) is 0 Å². The smallest absolute Gasteiger partial charge is 0.0128 e. The van der Waals surface area contributed by atoms with Crippen molar-refractivity contribution in [2.24, 2.45) is 5.41 Å². The Hall–Kier alpha value is -0.760. The standard InChI is InChI=1S/C10H20N2/c1-6-9(10(2,3)4)7-8-12-11-5/h6-8,11-12H,1-5H3/b8-7+,9-6+. The third-order valence-electron chi connectivity index (χ3n) is 1.67. The minimum atomic E-state index is 0.223. The molecule has 0 aromatic carbocycles. The predicted octanol–water partition coefficient (Wildman–Crippen LogP) is 2.22. The highest BCUT2D eigenvalue weighted by Crippen LogP contribution is 2.25. The van der Waals surface area contributed by atoms with Crippen molar-refractivity contribution >= 4 is 0 Å². The third kappa shape index (κ3) is 4.19. The van der Waals surface area contributed by atoms with Crippen molar-refractivity contribution in [1.29, 1.82) is 0 Å². The van der Waals surface area contributed by atoms with E-state index in [-0.39, 0.29) is 5.41 Å². The second-order valence-corrected chi connectivity index (χ2v) is 3.72. The number of hydrogen-bond donors (Lipinski definition) is 2. The van der Waals surface area contributed by atoms with Gasteiger partial charge in [-0.2, -0.15) is 0 Å². The summed E-state index contributed by atoms with van der Waals surface area (Å²) in [5.41, 5.74) is 7.30. The lowest BCUT2D eigenvalue weighted by Gasteiger charge is -2.19. The minimum Gasteiger partial charge on any atom is -0.329 e. The zero-order valence-corrected chi connectivity index (χ0v) is 8.73. The molecular weight excluding hydrogens is 148 g/mol. The summed E-state index contributed by atoms with van der Waals surface area (Å²) in [7, 11) is 1.84. The molecule has 0 spiro atoms. The summed E-state index contributed by atoms with van der Waals surface area (Å²) in [6.45, 7) is 8.66. The lowest BCUT2D eigenvalue weighted by molar-refractivity contribution is 0.515. The molecule has 0 saturated carbocycles. The Bertz CT molecular complexity index is 173. The van der Waals surface area contributed by atoms with Gasteiger partial charge < -0.3 is 5.43 Å². The number of rotatable bonds is 3. The molecule has 12 heavy (non-hydrogen) atoms. The van der Waals surface area contributed by atoms with Gasteiger partial charge in [0.05, 0.1) is 0 Å². The van der Waals surface area contributed by atoms with Crippen LogP contribution in [0.5, 0.6) is 0 Å².